The number of aryl methyl sites for hydroxylation is 2. The topological polar surface area (TPSA) is 77.4 Å². The standard InChI is InChI=1S/C15H15N5/c1-10(13-6-4-12(8-16)5-7-13)18-15-14(9-17)11(2)19-20(15)3/h4-7,10,18H,1-3H3. The van der Waals surface area contributed by atoms with Gasteiger partial charge in [-0.15, -0.1) is 0 Å². The average Bonchev–Trinajstić information content (AvgIpc) is 2.72. The monoisotopic (exact) mass is 265 g/mol. The number of aromatic nitrogens is 2. The fraction of sp³-hybridized carbons (Fsp3) is 0.267. The SMILES string of the molecule is Cc1nn(C)c(NC(C)c2ccc(C#N)cc2)c1C#N. The molecule has 0 bridgehead atoms. The average molecular weight is 265 g/mol. The summed E-state index contributed by atoms with van der Waals surface area (Å²) in [6.07, 6.45) is 0. The van der Waals surface area contributed by atoms with Crippen molar-refractivity contribution in [2.75, 3.05) is 5.32 Å². The Morgan fingerprint density at radius 2 is 1.85 bits per heavy atom. The molecule has 1 unspecified atom stereocenters. The summed E-state index contributed by atoms with van der Waals surface area (Å²) >= 11 is 0. The lowest BCUT2D eigenvalue weighted by molar-refractivity contribution is 0.742. The molecule has 2 aromatic rings. The smallest absolute Gasteiger partial charge is 0.142 e. The van der Waals surface area contributed by atoms with Crippen molar-refractivity contribution in [2.24, 2.45) is 7.05 Å². The largest absolute Gasteiger partial charge is 0.363 e. The number of rotatable bonds is 3. The van der Waals surface area contributed by atoms with E-state index in [0.717, 1.165) is 5.56 Å². The van der Waals surface area contributed by atoms with Gasteiger partial charge in [-0.1, -0.05) is 12.1 Å². The zero-order valence-corrected chi connectivity index (χ0v) is 11.7. The summed E-state index contributed by atoms with van der Waals surface area (Å²) < 4.78 is 1.67. The van der Waals surface area contributed by atoms with Crippen molar-refractivity contribution < 1.29 is 0 Å². The van der Waals surface area contributed by atoms with Gasteiger partial charge in [-0.25, -0.2) is 0 Å². The summed E-state index contributed by atoms with van der Waals surface area (Å²) in [4.78, 5) is 0. The highest BCUT2D eigenvalue weighted by Crippen LogP contribution is 2.23. The first-order valence-corrected chi connectivity index (χ1v) is 6.27. The molecule has 0 saturated heterocycles. The minimum atomic E-state index is 0.0182. The van der Waals surface area contributed by atoms with Crippen molar-refractivity contribution in [1.29, 1.82) is 10.5 Å². The van der Waals surface area contributed by atoms with Gasteiger partial charge < -0.3 is 5.32 Å². The molecule has 1 N–H and O–H groups in total. The molecule has 20 heavy (non-hydrogen) atoms. The predicted octanol–water partition coefficient (Wildman–Crippen LogP) is 2.64. The van der Waals surface area contributed by atoms with Gasteiger partial charge in [0.15, 0.2) is 0 Å². The molecule has 0 radical (unpaired) electrons. The molecule has 100 valence electrons. The molecule has 0 aliphatic rings. The van der Waals surface area contributed by atoms with Crippen LogP contribution in [0.3, 0.4) is 0 Å². The minimum Gasteiger partial charge on any atom is -0.363 e. The van der Waals surface area contributed by atoms with E-state index < -0.39 is 0 Å². The Morgan fingerprint density at radius 3 is 2.40 bits per heavy atom. The second-order valence-electron chi connectivity index (χ2n) is 4.64. The van der Waals surface area contributed by atoms with Gasteiger partial charge in [0.05, 0.1) is 17.3 Å². The first-order valence-electron chi connectivity index (χ1n) is 6.27. The first-order chi connectivity index (χ1) is 9.56. The van der Waals surface area contributed by atoms with Crippen LogP contribution in [0.1, 0.15) is 35.3 Å². The van der Waals surface area contributed by atoms with Gasteiger partial charge in [-0.2, -0.15) is 15.6 Å². The number of benzene rings is 1. The van der Waals surface area contributed by atoms with Crippen LogP contribution in [0.4, 0.5) is 5.82 Å². The van der Waals surface area contributed by atoms with Crippen molar-refractivity contribution in [2.45, 2.75) is 19.9 Å². The normalized spacial score (nSPS) is 11.4. The molecule has 0 amide bonds. The van der Waals surface area contributed by atoms with Crippen molar-refractivity contribution in [3.63, 3.8) is 0 Å². The molecular weight excluding hydrogens is 250 g/mol. The van der Waals surface area contributed by atoms with E-state index in [0.29, 0.717) is 22.6 Å². The zero-order valence-electron chi connectivity index (χ0n) is 11.7. The summed E-state index contributed by atoms with van der Waals surface area (Å²) in [5.74, 6) is 0.710. The van der Waals surface area contributed by atoms with E-state index in [1.54, 1.807) is 16.8 Å². The first kappa shape index (κ1) is 13.6. The van der Waals surface area contributed by atoms with Crippen LogP contribution in [-0.2, 0) is 7.05 Å². The highest BCUT2D eigenvalue weighted by molar-refractivity contribution is 5.56. The van der Waals surface area contributed by atoms with Crippen LogP contribution < -0.4 is 5.32 Å². The molecule has 0 fully saturated rings. The molecular formula is C15H15N5. The molecule has 2 rings (SSSR count). The van der Waals surface area contributed by atoms with E-state index >= 15 is 0 Å². The van der Waals surface area contributed by atoms with E-state index in [-0.39, 0.29) is 6.04 Å². The quantitative estimate of drug-likeness (QED) is 0.925. The van der Waals surface area contributed by atoms with E-state index in [9.17, 15) is 5.26 Å². The lowest BCUT2D eigenvalue weighted by atomic mass is 10.1. The fourth-order valence-corrected chi connectivity index (χ4v) is 2.09. The van der Waals surface area contributed by atoms with E-state index in [1.807, 2.05) is 33.0 Å². The number of nitrogens with zero attached hydrogens (tertiary/aromatic N) is 4. The Balaban J connectivity index is 2.26. The Morgan fingerprint density at radius 1 is 1.20 bits per heavy atom. The fourth-order valence-electron chi connectivity index (χ4n) is 2.09. The van der Waals surface area contributed by atoms with Crippen molar-refractivity contribution in [3.8, 4) is 12.1 Å². The van der Waals surface area contributed by atoms with E-state index in [4.69, 9.17) is 5.26 Å². The highest BCUT2D eigenvalue weighted by atomic mass is 15.3. The maximum atomic E-state index is 9.18. The molecule has 0 aliphatic carbocycles. The Kier molecular flexibility index (Phi) is 3.72. The van der Waals surface area contributed by atoms with Gasteiger partial charge in [0.25, 0.3) is 0 Å². The van der Waals surface area contributed by atoms with Gasteiger partial charge >= 0.3 is 0 Å². The van der Waals surface area contributed by atoms with Crippen LogP contribution in [0, 0.1) is 29.6 Å². The maximum Gasteiger partial charge on any atom is 0.142 e. The Hall–Kier alpha value is -2.79. The third kappa shape index (κ3) is 2.48. The Bertz CT molecular complexity index is 698. The van der Waals surface area contributed by atoms with Crippen LogP contribution >= 0.6 is 0 Å². The number of nitriles is 2. The molecule has 1 aromatic carbocycles. The molecule has 1 aromatic heterocycles. The summed E-state index contributed by atoms with van der Waals surface area (Å²) in [6, 6.07) is 11.7. The predicted molar refractivity (Wildman–Crippen MR) is 75.9 cm³/mol. The lowest BCUT2D eigenvalue weighted by Crippen LogP contribution is -2.11. The molecule has 5 heteroatoms. The van der Waals surface area contributed by atoms with Crippen LogP contribution in [0.5, 0.6) is 0 Å². The van der Waals surface area contributed by atoms with E-state index in [2.05, 4.69) is 22.6 Å². The Labute approximate surface area is 118 Å². The van der Waals surface area contributed by atoms with Crippen molar-refractivity contribution in [1.82, 2.24) is 9.78 Å². The van der Waals surface area contributed by atoms with Crippen molar-refractivity contribution in [3.05, 3.63) is 46.6 Å². The van der Waals surface area contributed by atoms with Gasteiger partial charge in [0, 0.05) is 13.1 Å². The molecule has 0 spiro atoms. The van der Waals surface area contributed by atoms with Gasteiger partial charge in [-0.3, -0.25) is 4.68 Å². The summed E-state index contributed by atoms with van der Waals surface area (Å²) in [6.45, 7) is 3.82. The zero-order chi connectivity index (χ0) is 14.7. The summed E-state index contributed by atoms with van der Waals surface area (Å²) in [5, 5.41) is 25.5. The maximum absolute atomic E-state index is 9.18. The summed E-state index contributed by atoms with van der Waals surface area (Å²) in [5.41, 5.74) is 2.96. The lowest BCUT2D eigenvalue weighted by Gasteiger charge is -2.16. The number of hydrogen-bond acceptors (Lipinski definition) is 4. The minimum absolute atomic E-state index is 0.0182. The third-order valence-electron chi connectivity index (χ3n) is 3.23. The van der Waals surface area contributed by atoms with Crippen LogP contribution in [0.2, 0.25) is 0 Å². The molecule has 1 heterocycles. The third-order valence-corrected chi connectivity index (χ3v) is 3.23. The second-order valence-corrected chi connectivity index (χ2v) is 4.64. The number of anilines is 1. The molecule has 0 aliphatic heterocycles. The van der Waals surface area contributed by atoms with Crippen LogP contribution in [-0.4, -0.2) is 9.78 Å². The van der Waals surface area contributed by atoms with Gasteiger partial charge in [0.1, 0.15) is 17.5 Å². The molecule has 1 atom stereocenters. The molecule has 5 nitrogen and oxygen atoms in total. The molecule has 0 saturated carbocycles. The number of nitrogens with one attached hydrogen (secondary N) is 1. The van der Waals surface area contributed by atoms with E-state index in [1.165, 1.54) is 0 Å². The summed E-state index contributed by atoms with van der Waals surface area (Å²) in [7, 11) is 1.81. The number of hydrogen-bond donors (Lipinski definition) is 1. The van der Waals surface area contributed by atoms with Gasteiger partial charge in [0.2, 0.25) is 0 Å². The second kappa shape index (κ2) is 5.46. The van der Waals surface area contributed by atoms with Gasteiger partial charge in [-0.05, 0) is 31.5 Å². The van der Waals surface area contributed by atoms with Crippen LogP contribution in [0.25, 0.3) is 0 Å². The highest BCUT2D eigenvalue weighted by Gasteiger charge is 2.15. The van der Waals surface area contributed by atoms with Crippen molar-refractivity contribution >= 4 is 5.82 Å². The van der Waals surface area contributed by atoms with Crippen LogP contribution in [0.15, 0.2) is 24.3 Å².